The number of primary amides is 1. The number of carbonyl (C=O) groups excluding carboxylic acids is 5. The Bertz CT molecular complexity index is 1630. The quantitative estimate of drug-likeness (QED) is 0.344. The molecule has 2 aromatic rings. The lowest BCUT2D eigenvalue weighted by Crippen LogP contribution is -2.74. The van der Waals surface area contributed by atoms with Gasteiger partial charge in [0.25, 0.3) is 0 Å². The van der Waals surface area contributed by atoms with Gasteiger partial charge in [-0.3, -0.25) is 33.8 Å². The van der Waals surface area contributed by atoms with Crippen LogP contribution in [-0.2, 0) is 32.1 Å². The number of phenolic OH excluding ortho intramolecular Hbond substituents is 1. The molecule has 0 bridgehead atoms. The average Bonchev–Trinajstić information content (AvgIpc) is 2.94. The van der Waals surface area contributed by atoms with Crippen molar-refractivity contribution in [3.63, 3.8) is 0 Å². The molecular weight excluding hydrogens is 580 g/mol. The number of nitrogens with zero attached hydrogens (tertiary/aromatic N) is 3. The number of fused-ring (bicyclic) bond motifs is 4. The van der Waals surface area contributed by atoms with Crippen LogP contribution in [0, 0.1) is 23.7 Å². The first kappa shape index (κ1) is 31.3. The molecule has 6 atom stereocenters. The molecule has 4 aliphatic rings. The lowest BCUT2D eigenvalue weighted by atomic mass is 9.52. The Labute approximate surface area is 261 Å². The van der Waals surface area contributed by atoms with Crippen molar-refractivity contribution in [1.29, 1.82) is 0 Å². The topological polar surface area (TPSA) is 171 Å². The number of likely N-dealkylation sites (tertiary alicyclic amines) is 1. The third-order valence-corrected chi connectivity index (χ3v) is 10.2. The lowest BCUT2D eigenvalue weighted by molar-refractivity contribution is -0.181. The Hall–Kier alpha value is -3.71. The van der Waals surface area contributed by atoms with Gasteiger partial charge in [-0.25, -0.2) is 0 Å². The van der Waals surface area contributed by atoms with Crippen LogP contribution in [-0.4, -0.2) is 120 Å². The van der Waals surface area contributed by atoms with Crippen molar-refractivity contribution in [3.05, 3.63) is 34.9 Å². The zero-order valence-corrected chi connectivity index (χ0v) is 26.0. The molecule has 1 saturated heterocycles. The number of aliphatic hydroxyl groups is 1. The molecular formula is C33H40N4O8. The van der Waals surface area contributed by atoms with Crippen molar-refractivity contribution in [2.45, 2.75) is 37.5 Å². The van der Waals surface area contributed by atoms with Crippen LogP contribution >= 0.6 is 0 Å². The molecule has 2 saturated carbocycles. The van der Waals surface area contributed by atoms with E-state index in [0.29, 0.717) is 41.8 Å². The van der Waals surface area contributed by atoms with E-state index in [-0.39, 0.29) is 24.2 Å². The molecule has 1 amide bonds. The molecule has 4 N–H and O–H groups in total. The van der Waals surface area contributed by atoms with Gasteiger partial charge >= 0.3 is 0 Å². The third-order valence-electron chi connectivity index (χ3n) is 10.2. The van der Waals surface area contributed by atoms with Gasteiger partial charge in [0.15, 0.2) is 34.7 Å². The Morgan fingerprint density at radius 1 is 1.09 bits per heavy atom. The molecule has 2 aromatic carbocycles. The molecule has 6 rings (SSSR count). The van der Waals surface area contributed by atoms with Crippen molar-refractivity contribution in [2.75, 3.05) is 54.4 Å². The van der Waals surface area contributed by atoms with Gasteiger partial charge in [-0.1, -0.05) is 12.1 Å². The van der Waals surface area contributed by atoms with E-state index in [1.165, 1.54) is 4.90 Å². The highest BCUT2D eigenvalue weighted by molar-refractivity contribution is 6.32. The molecule has 0 spiro atoms. The minimum Gasteiger partial charge on any atom is -0.507 e. The molecule has 1 aliphatic heterocycles. The fraction of sp³-hybridized carbons (Fsp3) is 0.545. The van der Waals surface area contributed by atoms with E-state index in [1.807, 2.05) is 37.2 Å². The number of aromatic hydroxyl groups is 1. The molecule has 0 radical (unpaired) electrons. The number of amides is 1. The number of carbonyl (C=O) groups is 5. The summed E-state index contributed by atoms with van der Waals surface area (Å²) in [6.07, 6.45) is 1.25. The van der Waals surface area contributed by atoms with Gasteiger partial charge in [-0.05, 0) is 78.1 Å². The summed E-state index contributed by atoms with van der Waals surface area (Å²) in [6.45, 7) is 3.54. The number of phenols is 1. The molecule has 0 aromatic heterocycles. The third kappa shape index (κ3) is 4.77. The number of likely N-dealkylation sites (N-methyl/N-ethyl adjacent to an activating group) is 2. The smallest absolute Gasteiger partial charge is 0.235 e. The summed E-state index contributed by atoms with van der Waals surface area (Å²) < 4.78 is 6.33. The minimum absolute atomic E-state index is 0.0192. The second-order valence-corrected chi connectivity index (χ2v) is 13.5. The van der Waals surface area contributed by atoms with Crippen LogP contribution in [0.15, 0.2) is 18.2 Å². The van der Waals surface area contributed by atoms with E-state index >= 15 is 0 Å². The molecule has 45 heavy (non-hydrogen) atoms. The summed E-state index contributed by atoms with van der Waals surface area (Å²) in [5, 5.41) is 24.6. The van der Waals surface area contributed by atoms with E-state index in [2.05, 4.69) is 4.90 Å². The van der Waals surface area contributed by atoms with Crippen LogP contribution in [0.3, 0.4) is 0 Å². The molecule has 3 aliphatic carbocycles. The molecule has 3 fully saturated rings. The fourth-order valence-corrected chi connectivity index (χ4v) is 7.87. The summed E-state index contributed by atoms with van der Waals surface area (Å²) in [5.74, 6) is -10.3. The van der Waals surface area contributed by atoms with Gasteiger partial charge in [0, 0.05) is 35.3 Å². The monoisotopic (exact) mass is 620 g/mol. The summed E-state index contributed by atoms with van der Waals surface area (Å²) in [4.78, 5) is 73.4. The van der Waals surface area contributed by atoms with Crippen LogP contribution in [0.1, 0.15) is 34.3 Å². The Kier molecular flexibility index (Phi) is 7.83. The maximum Gasteiger partial charge on any atom is 0.235 e. The second-order valence-electron chi connectivity index (χ2n) is 13.5. The first-order chi connectivity index (χ1) is 21.3. The maximum absolute atomic E-state index is 14.4. The molecule has 240 valence electrons. The van der Waals surface area contributed by atoms with Gasteiger partial charge < -0.3 is 25.6 Å². The number of ketones is 4. The minimum atomic E-state index is -2.77. The van der Waals surface area contributed by atoms with Crippen LogP contribution in [0.2, 0.25) is 0 Å². The van der Waals surface area contributed by atoms with E-state index < -0.39 is 64.4 Å². The van der Waals surface area contributed by atoms with Crippen molar-refractivity contribution in [1.82, 2.24) is 14.7 Å². The van der Waals surface area contributed by atoms with Crippen molar-refractivity contribution >= 4 is 39.8 Å². The first-order valence-corrected chi connectivity index (χ1v) is 15.4. The fourth-order valence-electron chi connectivity index (χ4n) is 7.87. The Morgan fingerprint density at radius 3 is 2.40 bits per heavy atom. The van der Waals surface area contributed by atoms with Crippen LogP contribution in [0.4, 0.5) is 0 Å². The summed E-state index contributed by atoms with van der Waals surface area (Å²) >= 11 is 0. The predicted octanol–water partition coefficient (Wildman–Crippen LogP) is 0.166. The van der Waals surface area contributed by atoms with E-state index in [0.717, 1.165) is 25.1 Å². The van der Waals surface area contributed by atoms with Crippen molar-refractivity contribution in [2.24, 2.45) is 29.4 Å². The summed E-state index contributed by atoms with van der Waals surface area (Å²) in [6, 6.07) is 4.56. The summed E-state index contributed by atoms with van der Waals surface area (Å²) in [7, 11) is 6.95. The predicted molar refractivity (Wildman–Crippen MR) is 163 cm³/mol. The summed E-state index contributed by atoms with van der Waals surface area (Å²) in [5.41, 5.74) is 4.01. The highest BCUT2D eigenvalue weighted by Crippen LogP contribution is 2.53. The number of benzene rings is 2. The Balaban J connectivity index is 1.49. The number of nitrogens with two attached hydrogens (primary N) is 1. The zero-order valence-electron chi connectivity index (χ0n) is 26.0. The number of hydrogen-bond acceptors (Lipinski definition) is 11. The van der Waals surface area contributed by atoms with E-state index in [4.69, 9.17) is 10.5 Å². The number of hydrogen-bond donors (Lipinski definition) is 3. The average molecular weight is 621 g/mol. The second kappa shape index (κ2) is 11.3. The van der Waals surface area contributed by atoms with Gasteiger partial charge in [0.2, 0.25) is 5.91 Å². The lowest BCUT2D eigenvalue weighted by Gasteiger charge is -2.52. The van der Waals surface area contributed by atoms with Crippen molar-refractivity contribution in [3.8, 4) is 11.5 Å². The highest BCUT2D eigenvalue weighted by atomic mass is 16.5. The van der Waals surface area contributed by atoms with Gasteiger partial charge in [0.05, 0.1) is 17.5 Å². The van der Waals surface area contributed by atoms with E-state index in [1.54, 1.807) is 14.1 Å². The van der Waals surface area contributed by atoms with Crippen LogP contribution < -0.4 is 10.5 Å². The largest absolute Gasteiger partial charge is 0.507 e. The Morgan fingerprint density at radius 2 is 1.80 bits per heavy atom. The highest BCUT2D eigenvalue weighted by Gasteiger charge is 2.69. The van der Waals surface area contributed by atoms with E-state index in [9.17, 15) is 34.2 Å². The first-order valence-electron chi connectivity index (χ1n) is 15.4. The zero-order chi connectivity index (χ0) is 32.5. The van der Waals surface area contributed by atoms with Gasteiger partial charge in [0.1, 0.15) is 18.1 Å². The van der Waals surface area contributed by atoms with Gasteiger partial charge in [-0.2, -0.15) is 0 Å². The molecule has 2 unspecified atom stereocenters. The number of ether oxygens (including phenoxy) is 1. The maximum atomic E-state index is 14.4. The standard InChI is InChI=1S/C33H40N4O8/c1-35(2)10-11-45-29-18-7-6-16(15-37-8-5-9-37)12-19(18)26(38)23-20(29)13-17-14-21-25(36(3)4)28(40)24(32(34)43)31(42)33(21,44)30(41)22(17)27(23)39/h6-7,12,17,21-22,24-25,38,44H,5,8-11,13-15H2,1-4H3,(H2,34,43)/t17-,21-,22?,24?,25-,33-/m0/s1. The van der Waals surface area contributed by atoms with Crippen LogP contribution in [0.25, 0.3) is 10.8 Å². The van der Waals surface area contributed by atoms with Crippen molar-refractivity contribution < 1.29 is 38.9 Å². The molecule has 12 nitrogen and oxygen atoms in total. The number of Topliss-reactive ketones (excluding diaryl/α,β-unsaturated/α-hetero) is 4. The van der Waals surface area contributed by atoms with Gasteiger partial charge in [-0.15, -0.1) is 0 Å². The number of rotatable bonds is 8. The molecule has 12 heteroatoms. The SMILES string of the molecule is CN(C)CCOc1c2c(c(O)c3cc(CN4CCC4)ccc13)C(=O)C1C(=O)[C@]3(O)C(=O)C(C(N)=O)C(=O)[C@@H](N(C)C)[C@@H]3C[C@@H]1C2. The molecule has 1 heterocycles. The van der Waals surface area contributed by atoms with Crippen LogP contribution in [0.5, 0.6) is 11.5 Å². The normalized spacial score (nSPS) is 29.9.